The van der Waals surface area contributed by atoms with Gasteiger partial charge in [-0.05, 0) is 30.7 Å². The van der Waals surface area contributed by atoms with Gasteiger partial charge in [-0.1, -0.05) is 20.9 Å². The lowest BCUT2D eigenvalue weighted by Gasteiger charge is -2.24. The van der Waals surface area contributed by atoms with E-state index in [0.717, 1.165) is 23.0 Å². The van der Waals surface area contributed by atoms with Gasteiger partial charge in [-0.3, -0.25) is 4.57 Å². The Morgan fingerprint density at radius 2 is 2.17 bits per heavy atom. The number of anilines is 1. The Bertz CT molecular complexity index is 1120. The van der Waals surface area contributed by atoms with Crippen molar-refractivity contribution in [2.45, 2.75) is 43.7 Å². The van der Waals surface area contributed by atoms with Gasteiger partial charge in [0.2, 0.25) is 17.8 Å². The normalized spacial score (nSPS) is 26.1. The molecule has 158 valence electrons. The van der Waals surface area contributed by atoms with Gasteiger partial charge in [0.25, 0.3) is 0 Å². The molecule has 6 N–H and O–H groups in total. The lowest BCUT2D eigenvalue weighted by molar-refractivity contribution is -0.354. The highest BCUT2D eigenvalue weighted by Gasteiger charge is 2.47. The van der Waals surface area contributed by atoms with Crippen LogP contribution < -0.4 is 20.8 Å². The lowest BCUT2D eigenvalue weighted by atomic mass is 10.00. The van der Waals surface area contributed by atoms with E-state index in [9.17, 15) is 14.6 Å². The second-order valence-corrected chi connectivity index (χ2v) is 8.72. The number of rotatable bonds is 3. The fourth-order valence-corrected chi connectivity index (χ4v) is 5.01. The number of hydrogen-bond donors (Lipinski definition) is 4. The van der Waals surface area contributed by atoms with E-state index < -0.39 is 30.2 Å². The first-order chi connectivity index (χ1) is 14.4. The number of halogens is 2. The van der Waals surface area contributed by atoms with Gasteiger partial charge in [0.15, 0.2) is 5.82 Å². The summed E-state index contributed by atoms with van der Waals surface area (Å²) in [7, 11) is 0. The van der Waals surface area contributed by atoms with Crippen LogP contribution >= 0.6 is 15.9 Å². The second-order valence-electron chi connectivity index (χ2n) is 7.80. The third kappa shape index (κ3) is 3.15. The zero-order valence-corrected chi connectivity index (χ0v) is 17.6. The van der Waals surface area contributed by atoms with Gasteiger partial charge >= 0.3 is 0 Å². The number of nitrogens with zero attached hydrogens (tertiary/aromatic N) is 2. The number of aliphatic hydroxyl groups excluding tert-OH is 2. The standard InChI is InChI=1S/C20H21BrFN5O3/c21-10-3-9-1-2-24-6-11(9)14(4-10)30-15-5-13(17(28)18(15)29)27-7-12(22)16-19(23)25-8-26-20(16)27/h3-4,7-8,13,15,17-18,24,28-29H,1-2,5-6H2,(H2,23,25,26)/p+1. The number of aromatic nitrogens is 3. The number of hydrogen-bond acceptors (Lipinski definition) is 6. The quantitative estimate of drug-likeness (QED) is 0.447. The van der Waals surface area contributed by atoms with Crippen LogP contribution in [0.3, 0.4) is 0 Å². The predicted octanol–water partition coefficient (Wildman–Crippen LogP) is 1.09. The Morgan fingerprint density at radius 1 is 1.33 bits per heavy atom. The summed E-state index contributed by atoms with van der Waals surface area (Å²) < 4.78 is 23.1. The summed E-state index contributed by atoms with van der Waals surface area (Å²) in [5.74, 6) is 0.200. The van der Waals surface area contributed by atoms with Gasteiger partial charge in [-0.15, -0.1) is 0 Å². The molecule has 5 rings (SSSR count). The minimum atomic E-state index is -1.13. The Labute approximate surface area is 180 Å². The van der Waals surface area contributed by atoms with Gasteiger partial charge in [0.1, 0.15) is 35.5 Å². The smallest absolute Gasteiger partial charge is 0.241 e. The average molecular weight is 479 g/mol. The Hall–Kier alpha value is -2.27. The third-order valence-electron chi connectivity index (χ3n) is 6.02. The highest BCUT2D eigenvalue weighted by Crippen LogP contribution is 2.38. The lowest BCUT2D eigenvalue weighted by Crippen LogP contribution is -2.35. The van der Waals surface area contributed by atoms with Crippen molar-refractivity contribution in [1.29, 1.82) is 0 Å². The molecule has 1 aliphatic heterocycles. The fraction of sp³-hybridized carbons (Fsp3) is 0.400. The number of nitrogens with two attached hydrogens (primary N) is 1. The molecule has 1 aliphatic carbocycles. The highest BCUT2D eigenvalue weighted by molar-refractivity contribution is 9.10. The van der Waals surface area contributed by atoms with Gasteiger partial charge in [-0.2, -0.15) is 0 Å². The van der Waals surface area contributed by atoms with Crippen LogP contribution in [-0.4, -0.2) is 44.6 Å². The molecule has 0 spiro atoms. The predicted molar refractivity (Wildman–Crippen MR) is 110 cm³/mol. The zero-order valence-electron chi connectivity index (χ0n) is 16.0. The van der Waals surface area contributed by atoms with Crippen molar-refractivity contribution in [1.82, 2.24) is 14.9 Å². The molecule has 0 saturated heterocycles. The zero-order chi connectivity index (χ0) is 21.0. The van der Waals surface area contributed by atoms with Crippen LogP contribution in [0, 0.1) is 5.82 Å². The van der Waals surface area contributed by atoms with Crippen molar-refractivity contribution in [3.05, 3.63) is 46.1 Å². The van der Waals surface area contributed by atoms with E-state index in [-0.39, 0.29) is 11.2 Å². The maximum Gasteiger partial charge on any atom is 0.241 e. The maximum atomic E-state index is 14.5. The largest absolute Gasteiger partial charge is 0.487 e. The van der Waals surface area contributed by atoms with E-state index in [4.69, 9.17) is 10.5 Å². The van der Waals surface area contributed by atoms with Crippen molar-refractivity contribution in [2.75, 3.05) is 12.3 Å². The molecule has 1 aromatic carbocycles. The molecule has 4 unspecified atom stereocenters. The number of H-pyrrole nitrogens is 1. The van der Waals surface area contributed by atoms with Crippen LogP contribution in [0.5, 0.6) is 5.75 Å². The van der Waals surface area contributed by atoms with Crippen molar-refractivity contribution in [3.8, 4) is 5.75 Å². The number of nitrogens with one attached hydrogen (secondary N) is 2. The fourth-order valence-electron chi connectivity index (χ4n) is 4.53. The molecule has 3 heterocycles. The molecule has 10 heteroatoms. The molecule has 1 fully saturated rings. The van der Waals surface area contributed by atoms with Crippen molar-refractivity contribution >= 4 is 32.8 Å². The molecular weight excluding hydrogens is 457 g/mol. The van der Waals surface area contributed by atoms with Crippen LogP contribution in [0.15, 0.2) is 29.1 Å². The summed E-state index contributed by atoms with van der Waals surface area (Å²) in [4.78, 5) is 6.77. The van der Waals surface area contributed by atoms with E-state index in [1.165, 1.54) is 18.1 Å². The SMILES string of the molecule is Nc1nc[nH+]c2c1c(F)cn2C1CC(Oc2cc(Br)cc3c2CNCC3)C(O)C1O. The van der Waals surface area contributed by atoms with Gasteiger partial charge in [-0.25, -0.2) is 9.37 Å². The highest BCUT2D eigenvalue weighted by atomic mass is 79.9. The summed E-state index contributed by atoms with van der Waals surface area (Å²) in [6, 6.07) is 3.37. The van der Waals surface area contributed by atoms with Crippen LogP contribution in [0.2, 0.25) is 0 Å². The summed E-state index contributed by atoms with van der Waals surface area (Å²) in [5, 5.41) is 24.9. The third-order valence-corrected chi connectivity index (χ3v) is 6.48. The Kier molecular flexibility index (Phi) is 4.89. The summed E-state index contributed by atoms with van der Waals surface area (Å²) in [6.45, 7) is 1.58. The molecule has 0 radical (unpaired) electrons. The number of benzene rings is 1. The molecule has 0 amide bonds. The number of fused-ring (bicyclic) bond motifs is 2. The number of nitrogen functional groups attached to an aromatic ring is 1. The average Bonchev–Trinajstić information content (AvgIpc) is 3.20. The van der Waals surface area contributed by atoms with Crippen molar-refractivity contribution < 1.29 is 24.3 Å². The molecule has 3 aromatic rings. The molecule has 2 aliphatic rings. The Balaban J connectivity index is 1.47. The van der Waals surface area contributed by atoms with Gasteiger partial charge < -0.3 is 26.0 Å². The summed E-state index contributed by atoms with van der Waals surface area (Å²) >= 11 is 3.52. The minimum absolute atomic E-state index is 0.0640. The van der Waals surface area contributed by atoms with Crippen molar-refractivity contribution in [3.63, 3.8) is 0 Å². The number of ether oxygens (including phenoxy) is 1. The molecule has 2 aromatic heterocycles. The monoisotopic (exact) mass is 478 g/mol. The van der Waals surface area contributed by atoms with E-state index in [1.54, 1.807) is 4.57 Å². The molecule has 8 nitrogen and oxygen atoms in total. The second kappa shape index (κ2) is 7.45. The van der Waals surface area contributed by atoms with Crippen LogP contribution in [-0.2, 0) is 13.0 Å². The van der Waals surface area contributed by atoms with E-state index >= 15 is 0 Å². The molecule has 0 bridgehead atoms. The van der Waals surface area contributed by atoms with E-state index in [2.05, 4.69) is 37.3 Å². The van der Waals surface area contributed by atoms with Crippen LogP contribution in [0.4, 0.5) is 10.2 Å². The molecule has 4 atom stereocenters. The van der Waals surface area contributed by atoms with Crippen LogP contribution in [0.1, 0.15) is 23.6 Å². The number of aliphatic hydroxyl groups is 2. The van der Waals surface area contributed by atoms with Gasteiger partial charge in [0.05, 0.1) is 6.20 Å². The summed E-state index contributed by atoms with van der Waals surface area (Å²) in [5.41, 5.74) is 8.46. The maximum absolute atomic E-state index is 14.5. The number of aromatic amines is 1. The first-order valence-corrected chi connectivity index (χ1v) is 10.6. The minimum Gasteiger partial charge on any atom is -0.487 e. The topological polar surface area (TPSA) is 120 Å². The Morgan fingerprint density at radius 3 is 3.00 bits per heavy atom. The van der Waals surface area contributed by atoms with Gasteiger partial charge in [0, 0.05) is 23.0 Å². The first kappa shape index (κ1) is 19.7. The molecule has 1 saturated carbocycles. The van der Waals surface area contributed by atoms with E-state index in [0.29, 0.717) is 24.4 Å². The summed E-state index contributed by atoms with van der Waals surface area (Å²) in [6.07, 6.45) is 0.937. The first-order valence-electron chi connectivity index (χ1n) is 9.81. The molecular formula is C20H22BrFN5O3+. The van der Waals surface area contributed by atoms with E-state index in [1.807, 2.05) is 6.07 Å². The van der Waals surface area contributed by atoms with Crippen molar-refractivity contribution in [2.24, 2.45) is 0 Å². The van der Waals surface area contributed by atoms with Crippen LogP contribution in [0.25, 0.3) is 11.0 Å². The molecule has 30 heavy (non-hydrogen) atoms.